The van der Waals surface area contributed by atoms with Crippen LogP contribution in [0.1, 0.15) is 40.2 Å². The summed E-state index contributed by atoms with van der Waals surface area (Å²) in [4.78, 5) is 31.5. The van der Waals surface area contributed by atoms with E-state index in [0.717, 1.165) is 31.5 Å². The minimum Gasteiger partial charge on any atom is -0.338 e. The summed E-state index contributed by atoms with van der Waals surface area (Å²) in [5, 5.41) is 5.90. The first-order valence-corrected chi connectivity index (χ1v) is 9.26. The van der Waals surface area contributed by atoms with Crippen LogP contribution in [0.3, 0.4) is 0 Å². The summed E-state index contributed by atoms with van der Waals surface area (Å²) in [6.45, 7) is 5.39. The van der Waals surface area contributed by atoms with E-state index in [1.807, 2.05) is 36.1 Å². The van der Waals surface area contributed by atoms with Gasteiger partial charge in [-0.05, 0) is 45.2 Å². The number of hydrogen-bond donors (Lipinski definition) is 2. The smallest absolute Gasteiger partial charge is 0.325 e. The van der Waals surface area contributed by atoms with Gasteiger partial charge in [0.25, 0.3) is 5.91 Å². The second kappa shape index (κ2) is 7.65. The number of benzene rings is 1. The van der Waals surface area contributed by atoms with Crippen molar-refractivity contribution in [1.29, 1.82) is 0 Å². The third kappa shape index (κ3) is 4.36. The van der Waals surface area contributed by atoms with Crippen molar-refractivity contribution in [3.63, 3.8) is 0 Å². The predicted molar refractivity (Wildman–Crippen MR) is 100 cm³/mol. The van der Waals surface area contributed by atoms with Gasteiger partial charge in [-0.15, -0.1) is 0 Å². The Morgan fingerprint density at radius 1 is 1.04 bits per heavy atom. The van der Waals surface area contributed by atoms with Crippen molar-refractivity contribution in [3.05, 3.63) is 40.4 Å². The topological polar surface area (TPSA) is 74.3 Å². The van der Waals surface area contributed by atoms with Crippen molar-refractivity contribution in [2.24, 2.45) is 0 Å². The van der Waals surface area contributed by atoms with Crippen molar-refractivity contribution in [2.75, 3.05) is 23.7 Å². The molecule has 132 valence electrons. The number of anilines is 2. The van der Waals surface area contributed by atoms with Crippen LogP contribution in [0.25, 0.3) is 0 Å². The van der Waals surface area contributed by atoms with Crippen molar-refractivity contribution in [1.82, 2.24) is 9.88 Å². The van der Waals surface area contributed by atoms with Crippen molar-refractivity contribution < 1.29 is 9.59 Å². The van der Waals surface area contributed by atoms with Crippen LogP contribution in [0.5, 0.6) is 0 Å². The average Bonchev–Trinajstić information content (AvgIpc) is 2.97. The second-order valence-corrected chi connectivity index (χ2v) is 7.23. The van der Waals surface area contributed by atoms with E-state index in [1.165, 1.54) is 17.8 Å². The fraction of sp³-hybridized carbons (Fsp3) is 0.389. The number of hydrogen-bond acceptors (Lipinski definition) is 4. The number of rotatable bonds is 3. The molecule has 1 fully saturated rings. The molecule has 3 amide bonds. The molecule has 1 aromatic heterocycles. The summed E-state index contributed by atoms with van der Waals surface area (Å²) in [5.74, 6) is 0.0155. The molecule has 0 radical (unpaired) electrons. The molecule has 25 heavy (non-hydrogen) atoms. The van der Waals surface area contributed by atoms with Gasteiger partial charge in [0, 0.05) is 18.8 Å². The van der Waals surface area contributed by atoms with Gasteiger partial charge in [-0.25, -0.2) is 9.78 Å². The van der Waals surface area contributed by atoms with Crippen molar-refractivity contribution in [2.45, 2.75) is 33.1 Å². The minimum absolute atomic E-state index is 0.0155. The number of piperidine rings is 1. The number of aryl methyl sites for hydroxylation is 2. The van der Waals surface area contributed by atoms with Crippen LogP contribution < -0.4 is 10.6 Å². The zero-order valence-electron chi connectivity index (χ0n) is 14.5. The quantitative estimate of drug-likeness (QED) is 0.870. The Balaban J connectivity index is 1.64. The summed E-state index contributed by atoms with van der Waals surface area (Å²) in [6, 6.07) is 7.17. The Bertz CT molecular complexity index is 764. The Hall–Kier alpha value is -2.41. The fourth-order valence-electron chi connectivity index (χ4n) is 2.79. The first kappa shape index (κ1) is 17.4. The van der Waals surface area contributed by atoms with Crippen molar-refractivity contribution in [3.8, 4) is 0 Å². The summed E-state index contributed by atoms with van der Waals surface area (Å²) >= 11 is 1.23. The largest absolute Gasteiger partial charge is 0.338 e. The highest BCUT2D eigenvalue weighted by Crippen LogP contribution is 2.25. The number of likely N-dealkylation sites (tertiary alicyclic amines) is 1. The molecule has 1 aromatic carbocycles. The molecule has 6 nitrogen and oxygen atoms in total. The molecule has 0 atom stereocenters. The fourth-order valence-corrected chi connectivity index (χ4v) is 3.71. The van der Waals surface area contributed by atoms with E-state index >= 15 is 0 Å². The first-order valence-electron chi connectivity index (χ1n) is 8.44. The molecule has 7 heteroatoms. The lowest BCUT2D eigenvalue weighted by Gasteiger charge is -2.26. The highest BCUT2D eigenvalue weighted by atomic mass is 32.1. The van der Waals surface area contributed by atoms with Crippen LogP contribution in [0.15, 0.2) is 24.3 Å². The van der Waals surface area contributed by atoms with Crippen LogP contribution in [-0.4, -0.2) is 34.9 Å². The highest BCUT2D eigenvalue weighted by Gasteiger charge is 2.23. The van der Waals surface area contributed by atoms with Crippen LogP contribution in [0, 0.1) is 13.8 Å². The third-order valence-electron chi connectivity index (χ3n) is 4.16. The van der Waals surface area contributed by atoms with E-state index in [4.69, 9.17) is 0 Å². The summed E-state index contributed by atoms with van der Waals surface area (Å²) in [5.41, 5.74) is 2.49. The molecule has 0 unspecified atom stereocenters. The Morgan fingerprint density at radius 3 is 2.40 bits per heavy atom. The maximum absolute atomic E-state index is 12.6. The molecule has 0 aliphatic carbocycles. The molecule has 1 saturated heterocycles. The lowest BCUT2D eigenvalue weighted by molar-refractivity contribution is 0.0728. The van der Waals surface area contributed by atoms with Gasteiger partial charge in [0.2, 0.25) is 0 Å². The zero-order valence-corrected chi connectivity index (χ0v) is 15.3. The van der Waals surface area contributed by atoms with Gasteiger partial charge in [-0.2, -0.15) is 0 Å². The van der Waals surface area contributed by atoms with Gasteiger partial charge in [0.1, 0.15) is 4.88 Å². The van der Waals surface area contributed by atoms with E-state index in [2.05, 4.69) is 15.6 Å². The van der Waals surface area contributed by atoms with Gasteiger partial charge in [-0.3, -0.25) is 10.1 Å². The first-order chi connectivity index (χ1) is 12.0. The maximum atomic E-state index is 12.6. The van der Waals surface area contributed by atoms with Crippen LogP contribution in [0.4, 0.5) is 15.6 Å². The molecule has 1 aliphatic heterocycles. The third-order valence-corrected chi connectivity index (χ3v) is 5.22. The van der Waals surface area contributed by atoms with E-state index < -0.39 is 0 Å². The molecule has 3 rings (SSSR count). The van der Waals surface area contributed by atoms with Crippen molar-refractivity contribution >= 4 is 34.1 Å². The Kier molecular flexibility index (Phi) is 5.33. The van der Waals surface area contributed by atoms with E-state index in [0.29, 0.717) is 21.4 Å². The predicted octanol–water partition coefficient (Wildman–Crippen LogP) is 4.03. The number of carbonyl (C=O) groups excluding carboxylic acids is 2. The SMILES string of the molecule is Cc1ccc(NC(=O)Nc2nc(C)c(C(=O)N3CCCCC3)s2)cc1. The normalized spacial score (nSPS) is 14.2. The lowest BCUT2D eigenvalue weighted by Crippen LogP contribution is -2.35. The molecule has 2 N–H and O–H groups in total. The van der Waals surface area contributed by atoms with Gasteiger partial charge in [0.15, 0.2) is 5.13 Å². The van der Waals surface area contributed by atoms with E-state index in [-0.39, 0.29) is 11.9 Å². The number of thiazole rings is 1. The van der Waals surface area contributed by atoms with E-state index in [9.17, 15) is 9.59 Å². The summed E-state index contributed by atoms with van der Waals surface area (Å²) in [7, 11) is 0. The number of aromatic nitrogens is 1. The molecule has 0 bridgehead atoms. The Morgan fingerprint density at radius 2 is 1.72 bits per heavy atom. The zero-order chi connectivity index (χ0) is 17.8. The number of carbonyl (C=O) groups is 2. The highest BCUT2D eigenvalue weighted by molar-refractivity contribution is 7.17. The standard InChI is InChI=1S/C18H22N4O2S/c1-12-6-8-14(9-7-12)20-17(24)21-18-19-13(2)15(25-18)16(23)22-10-4-3-5-11-22/h6-9H,3-5,10-11H2,1-2H3,(H2,19,20,21,24). The van der Waals surface area contributed by atoms with E-state index in [1.54, 1.807) is 6.92 Å². The van der Waals surface area contributed by atoms with Gasteiger partial charge < -0.3 is 10.2 Å². The monoisotopic (exact) mass is 358 g/mol. The minimum atomic E-state index is -0.366. The average molecular weight is 358 g/mol. The van der Waals surface area contributed by atoms with Gasteiger partial charge in [-0.1, -0.05) is 29.0 Å². The lowest BCUT2D eigenvalue weighted by atomic mass is 10.1. The maximum Gasteiger partial charge on any atom is 0.325 e. The van der Waals surface area contributed by atoms with Crippen LogP contribution in [-0.2, 0) is 0 Å². The van der Waals surface area contributed by atoms with Crippen LogP contribution in [0.2, 0.25) is 0 Å². The number of nitrogens with zero attached hydrogens (tertiary/aromatic N) is 2. The molecule has 0 spiro atoms. The van der Waals surface area contributed by atoms with Gasteiger partial charge in [0.05, 0.1) is 5.69 Å². The Labute approximate surface area is 151 Å². The molecule has 0 saturated carbocycles. The number of urea groups is 1. The number of amides is 3. The summed E-state index contributed by atoms with van der Waals surface area (Å²) < 4.78 is 0. The molecule has 2 aromatic rings. The molecular weight excluding hydrogens is 336 g/mol. The van der Waals surface area contributed by atoms with Gasteiger partial charge >= 0.3 is 6.03 Å². The number of nitrogens with one attached hydrogen (secondary N) is 2. The summed E-state index contributed by atoms with van der Waals surface area (Å²) in [6.07, 6.45) is 3.28. The van der Waals surface area contributed by atoms with Crippen LogP contribution >= 0.6 is 11.3 Å². The second-order valence-electron chi connectivity index (χ2n) is 6.23. The molecular formula is C18H22N4O2S. The molecule has 1 aliphatic rings. The molecule has 2 heterocycles.